The molecule has 6 heteroatoms. The first-order valence-corrected chi connectivity index (χ1v) is 6.22. The molecule has 0 saturated heterocycles. The fraction of sp³-hybridized carbons (Fsp3) is 0.143. The Kier molecular flexibility index (Phi) is 3.50. The highest BCUT2D eigenvalue weighted by molar-refractivity contribution is 9.11. The van der Waals surface area contributed by atoms with Gasteiger partial charge in [0.15, 0.2) is 0 Å². The molecule has 1 aromatic rings. The molecule has 0 bridgehead atoms. The third-order valence-electron chi connectivity index (χ3n) is 1.34. The van der Waals surface area contributed by atoms with Gasteiger partial charge < -0.3 is 0 Å². The molecule has 3 nitrogen and oxygen atoms in total. The van der Waals surface area contributed by atoms with Crippen molar-refractivity contribution in [3.05, 3.63) is 27.1 Å². The zero-order valence-electron chi connectivity index (χ0n) is 6.62. The van der Waals surface area contributed by atoms with Crippen molar-refractivity contribution in [1.82, 2.24) is 0 Å². The summed E-state index contributed by atoms with van der Waals surface area (Å²) >= 11 is 6.37. The fourth-order valence-corrected chi connectivity index (χ4v) is 3.10. The van der Waals surface area contributed by atoms with E-state index in [1.54, 1.807) is 6.07 Å². The predicted molar refractivity (Wildman–Crippen MR) is 56.0 cm³/mol. The Bertz CT molecular complexity index is 393. The van der Waals surface area contributed by atoms with E-state index in [4.69, 9.17) is 0 Å². The zero-order valence-corrected chi connectivity index (χ0v) is 10.6. The van der Waals surface area contributed by atoms with Crippen molar-refractivity contribution in [3.63, 3.8) is 0 Å². The van der Waals surface area contributed by atoms with Gasteiger partial charge in [0.2, 0.25) is 0 Å². The van der Waals surface area contributed by atoms with Crippen molar-refractivity contribution < 1.29 is 12.6 Å². The van der Waals surface area contributed by atoms with Crippen molar-refractivity contribution in [2.45, 2.75) is 4.90 Å². The number of hydrogen-bond donors (Lipinski definition) is 0. The molecule has 0 amide bonds. The lowest BCUT2D eigenvalue weighted by molar-refractivity contribution is 0.397. The Morgan fingerprint density at radius 3 is 2.00 bits per heavy atom. The number of rotatable bonds is 2. The second-order valence-electron chi connectivity index (χ2n) is 2.23. The molecular weight excluding hydrogens is 324 g/mol. The molecule has 13 heavy (non-hydrogen) atoms. The average Bonchev–Trinajstić information content (AvgIpc) is 2.02. The quantitative estimate of drug-likeness (QED) is 0.783. The summed E-state index contributed by atoms with van der Waals surface area (Å²) in [6.45, 7) is 0. The highest BCUT2D eigenvalue weighted by Crippen LogP contribution is 2.23. The highest BCUT2D eigenvalue weighted by atomic mass is 79.9. The molecule has 0 atom stereocenters. The molecule has 0 unspecified atom stereocenters. The van der Waals surface area contributed by atoms with E-state index in [0.29, 0.717) is 8.95 Å². The van der Waals surface area contributed by atoms with Gasteiger partial charge in [-0.05, 0) is 18.2 Å². The van der Waals surface area contributed by atoms with Crippen LogP contribution in [0.3, 0.4) is 0 Å². The Morgan fingerprint density at radius 2 is 1.62 bits per heavy atom. The van der Waals surface area contributed by atoms with Gasteiger partial charge in [-0.15, -0.1) is 0 Å². The van der Waals surface area contributed by atoms with Gasteiger partial charge >= 0.3 is 0 Å². The van der Waals surface area contributed by atoms with Crippen molar-refractivity contribution in [2.75, 3.05) is 7.11 Å². The molecule has 0 aliphatic carbocycles. The summed E-state index contributed by atoms with van der Waals surface area (Å²) in [6.07, 6.45) is 0. The lowest BCUT2D eigenvalue weighted by Gasteiger charge is -2.02. The Morgan fingerprint density at radius 1 is 1.15 bits per heavy atom. The van der Waals surface area contributed by atoms with E-state index in [9.17, 15) is 8.42 Å². The normalized spacial score (nSPS) is 11.6. The van der Waals surface area contributed by atoms with Gasteiger partial charge in [-0.25, -0.2) is 0 Å². The fourth-order valence-electron chi connectivity index (χ4n) is 0.769. The van der Waals surface area contributed by atoms with Gasteiger partial charge in [0.1, 0.15) is 0 Å². The minimum atomic E-state index is -3.60. The number of hydrogen-bond acceptors (Lipinski definition) is 3. The molecule has 0 aromatic heterocycles. The molecular formula is C7H6Br2O3S. The standard InChI is InChI=1S/C7H6Br2O3S/c1-12-13(10,11)7-3-5(8)2-6(9)4-7/h2-4H,1H3. The molecule has 0 aliphatic heterocycles. The van der Waals surface area contributed by atoms with Gasteiger partial charge in [-0.1, -0.05) is 31.9 Å². The van der Waals surface area contributed by atoms with Crippen LogP contribution in [0.5, 0.6) is 0 Å². The third kappa shape index (κ3) is 2.77. The largest absolute Gasteiger partial charge is 0.296 e. The van der Waals surface area contributed by atoms with E-state index in [0.717, 1.165) is 7.11 Å². The first-order valence-electron chi connectivity index (χ1n) is 3.22. The van der Waals surface area contributed by atoms with Gasteiger partial charge in [0.25, 0.3) is 10.1 Å². The topological polar surface area (TPSA) is 43.4 Å². The molecule has 0 aliphatic rings. The molecule has 0 saturated carbocycles. The maximum absolute atomic E-state index is 11.2. The van der Waals surface area contributed by atoms with Crippen LogP contribution in [0.25, 0.3) is 0 Å². The molecule has 0 radical (unpaired) electrons. The first kappa shape index (κ1) is 11.2. The van der Waals surface area contributed by atoms with Crippen LogP contribution < -0.4 is 0 Å². The monoisotopic (exact) mass is 328 g/mol. The van der Waals surface area contributed by atoms with Gasteiger partial charge in [-0.3, -0.25) is 4.18 Å². The van der Waals surface area contributed by atoms with Crippen molar-refractivity contribution in [2.24, 2.45) is 0 Å². The van der Waals surface area contributed by atoms with Crippen LogP contribution in [0.2, 0.25) is 0 Å². The molecule has 1 rings (SSSR count). The van der Waals surface area contributed by atoms with Crippen molar-refractivity contribution >= 4 is 42.0 Å². The van der Waals surface area contributed by atoms with E-state index in [2.05, 4.69) is 36.0 Å². The highest BCUT2D eigenvalue weighted by Gasteiger charge is 2.13. The molecule has 1 aromatic carbocycles. The van der Waals surface area contributed by atoms with E-state index in [-0.39, 0.29) is 4.90 Å². The lowest BCUT2D eigenvalue weighted by atomic mass is 10.4. The predicted octanol–water partition coefficient (Wildman–Crippen LogP) is 2.55. The van der Waals surface area contributed by atoms with Crippen molar-refractivity contribution in [1.29, 1.82) is 0 Å². The summed E-state index contributed by atoms with van der Waals surface area (Å²) < 4.78 is 28.2. The van der Waals surface area contributed by atoms with Crippen LogP contribution in [0.15, 0.2) is 32.0 Å². The van der Waals surface area contributed by atoms with Gasteiger partial charge in [0.05, 0.1) is 12.0 Å². The summed E-state index contributed by atoms with van der Waals surface area (Å²) in [5.74, 6) is 0. The van der Waals surface area contributed by atoms with Crippen LogP contribution >= 0.6 is 31.9 Å². The van der Waals surface area contributed by atoms with Crippen LogP contribution in [0.1, 0.15) is 0 Å². The van der Waals surface area contributed by atoms with Crippen LogP contribution in [0, 0.1) is 0 Å². The van der Waals surface area contributed by atoms with Gasteiger partial charge in [0, 0.05) is 8.95 Å². The average molecular weight is 330 g/mol. The Hall–Kier alpha value is 0.0900. The first-order chi connectivity index (χ1) is 5.95. The number of halogens is 2. The summed E-state index contributed by atoms with van der Waals surface area (Å²) in [5, 5.41) is 0. The summed E-state index contributed by atoms with van der Waals surface area (Å²) in [4.78, 5) is 0.122. The second kappa shape index (κ2) is 4.08. The van der Waals surface area contributed by atoms with Crippen LogP contribution in [0.4, 0.5) is 0 Å². The second-order valence-corrected chi connectivity index (χ2v) is 5.77. The maximum Gasteiger partial charge on any atom is 0.296 e. The van der Waals surface area contributed by atoms with Crippen LogP contribution in [-0.4, -0.2) is 15.5 Å². The summed E-state index contributed by atoms with van der Waals surface area (Å²) in [5.41, 5.74) is 0. The Labute approximate surface area is 93.5 Å². The Balaban J connectivity index is 3.32. The smallest absolute Gasteiger partial charge is 0.270 e. The molecule has 0 fully saturated rings. The minimum Gasteiger partial charge on any atom is -0.270 e. The van der Waals surface area contributed by atoms with E-state index in [1.165, 1.54) is 12.1 Å². The lowest BCUT2D eigenvalue weighted by Crippen LogP contribution is -2.02. The molecule has 0 N–H and O–H groups in total. The number of benzene rings is 1. The SMILES string of the molecule is COS(=O)(=O)c1cc(Br)cc(Br)c1. The van der Waals surface area contributed by atoms with E-state index in [1.807, 2.05) is 0 Å². The third-order valence-corrected chi connectivity index (χ3v) is 3.51. The van der Waals surface area contributed by atoms with Crippen LogP contribution in [-0.2, 0) is 14.3 Å². The summed E-state index contributed by atoms with van der Waals surface area (Å²) in [7, 11) is -2.47. The summed E-state index contributed by atoms with van der Waals surface area (Å²) in [6, 6.07) is 4.70. The molecule has 0 heterocycles. The van der Waals surface area contributed by atoms with Crippen molar-refractivity contribution in [3.8, 4) is 0 Å². The van der Waals surface area contributed by atoms with E-state index >= 15 is 0 Å². The minimum absolute atomic E-state index is 0.122. The van der Waals surface area contributed by atoms with Gasteiger partial charge in [-0.2, -0.15) is 8.42 Å². The maximum atomic E-state index is 11.2. The molecule has 0 spiro atoms. The zero-order chi connectivity index (χ0) is 10.1. The van der Waals surface area contributed by atoms with E-state index < -0.39 is 10.1 Å². The molecule has 72 valence electrons.